The molecule has 0 bridgehead atoms. The molecule has 3 rings (SSSR count). The Morgan fingerprint density at radius 1 is 1.11 bits per heavy atom. The summed E-state index contributed by atoms with van der Waals surface area (Å²) in [4.78, 5) is 27.9. The Bertz CT molecular complexity index is 1190. The third-order valence-corrected chi connectivity index (χ3v) is 8.03. The summed E-state index contributed by atoms with van der Waals surface area (Å²) in [7, 11) is -3.84. The van der Waals surface area contributed by atoms with Crippen molar-refractivity contribution in [1.82, 2.24) is 10.2 Å². The number of hydrogen-bond acceptors (Lipinski definition) is 6. The third-order valence-electron chi connectivity index (χ3n) is 5.92. The fourth-order valence-corrected chi connectivity index (χ4v) is 4.94. The van der Waals surface area contributed by atoms with Crippen LogP contribution in [0.3, 0.4) is 0 Å². The molecule has 0 saturated heterocycles. The van der Waals surface area contributed by atoms with Gasteiger partial charge in [-0.25, -0.2) is 8.42 Å². The van der Waals surface area contributed by atoms with Crippen molar-refractivity contribution in [2.45, 2.75) is 46.2 Å². The summed E-state index contributed by atoms with van der Waals surface area (Å²) in [6, 6.07) is 10.9. The van der Waals surface area contributed by atoms with E-state index >= 15 is 0 Å². The van der Waals surface area contributed by atoms with Gasteiger partial charge in [0.05, 0.1) is 11.4 Å². The highest BCUT2D eigenvalue weighted by atomic mass is 35.5. The van der Waals surface area contributed by atoms with Gasteiger partial charge < -0.3 is 19.7 Å². The number of ether oxygens (including phenoxy) is 2. The SMILES string of the molecule is CCCCNC(=O)[C@@H](C)N(Cc1ccccc1Cl)C(=O)CN(c1ccc2c(c1)OCO2)S(=O)(=O)CC. The van der Waals surface area contributed by atoms with Gasteiger partial charge in [-0.1, -0.05) is 43.1 Å². The molecule has 2 aromatic rings. The smallest absolute Gasteiger partial charge is 0.244 e. The van der Waals surface area contributed by atoms with Crippen LogP contribution in [0.25, 0.3) is 0 Å². The van der Waals surface area contributed by atoms with Crippen molar-refractivity contribution in [1.29, 1.82) is 0 Å². The molecule has 1 heterocycles. The summed E-state index contributed by atoms with van der Waals surface area (Å²) in [5.41, 5.74) is 0.917. The first kappa shape index (κ1) is 27.6. The molecule has 2 aromatic carbocycles. The first-order valence-corrected chi connectivity index (χ1v) is 13.9. The van der Waals surface area contributed by atoms with Crippen molar-refractivity contribution in [3.8, 4) is 11.5 Å². The summed E-state index contributed by atoms with van der Waals surface area (Å²) >= 11 is 6.34. The van der Waals surface area contributed by atoms with Crippen molar-refractivity contribution in [3.63, 3.8) is 0 Å². The average Bonchev–Trinajstić information content (AvgIpc) is 3.34. The number of nitrogens with zero attached hydrogens (tertiary/aromatic N) is 2. The van der Waals surface area contributed by atoms with E-state index in [0.29, 0.717) is 28.6 Å². The highest BCUT2D eigenvalue weighted by Gasteiger charge is 2.32. The molecule has 196 valence electrons. The van der Waals surface area contributed by atoms with Crippen LogP contribution in [0.1, 0.15) is 39.2 Å². The second-order valence-electron chi connectivity index (χ2n) is 8.38. The molecule has 2 amide bonds. The Kier molecular flexibility index (Phi) is 9.44. The van der Waals surface area contributed by atoms with Crippen molar-refractivity contribution in [2.75, 3.05) is 29.9 Å². The maximum Gasteiger partial charge on any atom is 0.244 e. The zero-order valence-corrected chi connectivity index (χ0v) is 22.3. The van der Waals surface area contributed by atoms with Gasteiger partial charge in [-0.05, 0) is 44.0 Å². The molecule has 1 atom stereocenters. The summed E-state index contributed by atoms with van der Waals surface area (Å²) < 4.78 is 37.8. The zero-order chi connectivity index (χ0) is 26.3. The number of halogens is 1. The fourth-order valence-electron chi connectivity index (χ4n) is 3.69. The number of carbonyl (C=O) groups is 2. The van der Waals surface area contributed by atoms with E-state index in [-0.39, 0.29) is 30.7 Å². The lowest BCUT2D eigenvalue weighted by Gasteiger charge is -2.32. The van der Waals surface area contributed by atoms with Crippen LogP contribution in [-0.4, -0.2) is 56.8 Å². The van der Waals surface area contributed by atoms with E-state index in [0.717, 1.165) is 17.1 Å². The van der Waals surface area contributed by atoms with Crippen LogP contribution in [-0.2, 0) is 26.2 Å². The van der Waals surface area contributed by atoms with Gasteiger partial charge >= 0.3 is 0 Å². The van der Waals surface area contributed by atoms with Crippen molar-refractivity contribution in [2.24, 2.45) is 0 Å². The molecule has 0 aromatic heterocycles. The topological polar surface area (TPSA) is 105 Å². The van der Waals surface area contributed by atoms with Crippen LogP contribution in [0.2, 0.25) is 5.02 Å². The minimum absolute atomic E-state index is 0.0362. The molecule has 9 nitrogen and oxygen atoms in total. The lowest BCUT2D eigenvalue weighted by Crippen LogP contribution is -2.51. The highest BCUT2D eigenvalue weighted by molar-refractivity contribution is 7.92. The summed E-state index contributed by atoms with van der Waals surface area (Å²) in [6.45, 7) is 5.22. The van der Waals surface area contributed by atoms with Gasteiger partial charge in [0.1, 0.15) is 12.6 Å². The number of anilines is 1. The number of fused-ring (bicyclic) bond motifs is 1. The minimum Gasteiger partial charge on any atom is -0.454 e. The molecule has 1 aliphatic heterocycles. The quantitative estimate of drug-likeness (QED) is 0.415. The Hall–Kier alpha value is -2.98. The molecule has 1 aliphatic rings. The number of unbranched alkanes of at least 4 members (excludes halogenated alkanes) is 1. The molecule has 0 fully saturated rings. The molecule has 0 aliphatic carbocycles. The number of hydrogen-bond donors (Lipinski definition) is 1. The first-order chi connectivity index (χ1) is 17.2. The Morgan fingerprint density at radius 2 is 1.83 bits per heavy atom. The molecule has 36 heavy (non-hydrogen) atoms. The Labute approximate surface area is 217 Å². The maximum atomic E-state index is 13.7. The summed E-state index contributed by atoms with van der Waals surface area (Å²) in [5.74, 6) is -0.184. The Balaban J connectivity index is 1.92. The fraction of sp³-hybridized carbons (Fsp3) is 0.440. The largest absolute Gasteiger partial charge is 0.454 e. The van der Waals surface area contributed by atoms with Gasteiger partial charge in [0.2, 0.25) is 28.6 Å². The maximum absolute atomic E-state index is 13.7. The Morgan fingerprint density at radius 3 is 2.53 bits per heavy atom. The lowest BCUT2D eigenvalue weighted by atomic mass is 10.1. The number of benzene rings is 2. The van der Waals surface area contributed by atoms with Gasteiger partial charge in [0.25, 0.3) is 0 Å². The van der Waals surface area contributed by atoms with Crippen LogP contribution in [0.4, 0.5) is 5.69 Å². The van der Waals surface area contributed by atoms with Gasteiger partial charge in [-0.3, -0.25) is 13.9 Å². The number of amides is 2. The molecule has 11 heteroatoms. The van der Waals surface area contributed by atoms with E-state index in [1.54, 1.807) is 43.3 Å². The molecule has 0 spiro atoms. The van der Waals surface area contributed by atoms with Crippen LogP contribution >= 0.6 is 11.6 Å². The normalized spacial score (nSPS) is 13.2. The average molecular weight is 538 g/mol. The monoisotopic (exact) mass is 537 g/mol. The third kappa shape index (κ3) is 6.61. The molecule has 0 unspecified atom stereocenters. The second-order valence-corrected chi connectivity index (χ2v) is 11.0. The minimum atomic E-state index is -3.84. The first-order valence-electron chi connectivity index (χ1n) is 11.9. The van der Waals surface area contributed by atoms with Crippen LogP contribution in [0.5, 0.6) is 11.5 Å². The number of sulfonamides is 1. The molecule has 1 N–H and O–H groups in total. The lowest BCUT2D eigenvalue weighted by molar-refractivity contribution is -0.139. The van der Waals surface area contributed by atoms with E-state index in [1.165, 1.54) is 17.9 Å². The standard InChI is InChI=1S/C25H32ClN3O6S/c1-4-6-13-27-25(31)18(3)28(15-19-9-7-8-10-21(19)26)24(30)16-29(36(32,33)5-2)20-11-12-22-23(14-20)35-17-34-22/h7-12,14,18H,4-6,13,15-17H2,1-3H3,(H,27,31)/t18-/m1/s1. The predicted molar refractivity (Wildman–Crippen MR) is 139 cm³/mol. The molecular formula is C25H32ClN3O6S. The predicted octanol–water partition coefficient (Wildman–Crippen LogP) is 3.56. The highest BCUT2D eigenvalue weighted by Crippen LogP contribution is 2.36. The summed E-state index contributed by atoms with van der Waals surface area (Å²) in [6.07, 6.45) is 1.72. The number of nitrogens with one attached hydrogen (secondary N) is 1. The van der Waals surface area contributed by atoms with E-state index in [2.05, 4.69) is 5.32 Å². The van der Waals surface area contributed by atoms with Gasteiger partial charge in [-0.2, -0.15) is 0 Å². The number of rotatable bonds is 12. The van der Waals surface area contributed by atoms with Gasteiger partial charge in [0, 0.05) is 24.2 Å². The number of carbonyl (C=O) groups excluding carboxylic acids is 2. The van der Waals surface area contributed by atoms with Crippen LogP contribution in [0, 0.1) is 0 Å². The van der Waals surface area contributed by atoms with Gasteiger partial charge in [0.15, 0.2) is 11.5 Å². The van der Waals surface area contributed by atoms with Crippen molar-refractivity contribution in [3.05, 3.63) is 53.1 Å². The van der Waals surface area contributed by atoms with Crippen molar-refractivity contribution < 1.29 is 27.5 Å². The molecule has 0 radical (unpaired) electrons. The zero-order valence-electron chi connectivity index (χ0n) is 20.7. The van der Waals surface area contributed by atoms with Gasteiger partial charge in [-0.15, -0.1) is 0 Å². The molecular weight excluding hydrogens is 506 g/mol. The second kappa shape index (κ2) is 12.3. The van der Waals surface area contributed by atoms with E-state index < -0.39 is 28.5 Å². The van der Waals surface area contributed by atoms with Crippen molar-refractivity contribution >= 4 is 39.1 Å². The van der Waals surface area contributed by atoms with Crippen LogP contribution in [0.15, 0.2) is 42.5 Å². The molecule has 0 saturated carbocycles. The summed E-state index contributed by atoms with van der Waals surface area (Å²) in [5, 5.41) is 3.29. The van der Waals surface area contributed by atoms with E-state index in [1.807, 2.05) is 6.92 Å². The van der Waals surface area contributed by atoms with E-state index in [9.17, 15) is 18.0 Å². The van der Waals surface area contributed by atoms with E-state index in [4.69, 9.17) is 21.1 Å². The van der Waals surface area contributed by atoms with Crippen LogP contribution < -0.4 is 19.1 Å².